The second kappa shape index (κ2) is 10.4. The summed E-state index contributed by atoms with van der Waals surface area (Å²) in [6.07, 6.45) is 3.38. The molecule has 170 valence electrons. The van der Waals surface area contributed by atoms with Crippen molar-refractivity contribution in [3.8, 4) is 11.5 Å². The minimum atomic E-state index is -1.14. The maximum Gasteiger partial charge on any atom is 0.341 e. The zero-order valence-corrected chi connectivity index (χ0v) is 19.9. The van der Waals surface area contributed by atoms with Crippen LogP contribution in [0, 0.1) is 0 Å². The second-order valence-electron chi connectivity index (χ2n) is 6.82. The van der Waals surface area contributed by atoms with Gasteiger partial charge >= 0.3 is 5.97 Å². The van der Waals surface area contributed by atoms with Crippen LogP contribution in [0.25, 0.3) is 6.08 Å². The van der Waals surface area contributed by atoms with Gasteiger partial charge in [0.1, 0.15) is 5.57 Å². The number of carbonyl (C=O) groups excluding carboxylic acids is 2. The van der Waals surface area contributed by atoms with E-state index in [0.717, 1.165) is 4.47 Å². The van der Waals surface area contributed by atoms with Gasteiger partial charge in [-0.1, -0.05) is 22.0 Å². The lowest BCUT2D eigenvalue weighted by molar-refractivity contribution is -0.139. The molecule has 2 N–H and O–H groups in total. The molecule has 3 rings (SSSR count). The summed E-state index contributed by atoms with van der Waals surface area (Å²) in [6, 6.07) is 10.1. The van der Waals surface area contributed by atoms with Crippen molar-refractivity contribution in [1.82, 2.24) is 5.32 Å². The average molecular weight is 531 g/mol. The van der Waals surface area contributed by atoms with Gasteiger partial charge in [-0.3, -0.25) is 19.8 Å². The highest BCUT2D eigenvalue weighted by Crippen LogP contribution is 2.35. The third-order valence-corrected chi connectivity index (χ3v) is 5.39. The lowest BCUT2D eigenvalue weighted by Crippen LogP contribution is -2.54. The maximum absolute atomic E-state index is 13.2. The molecule has 1 fully saturated rings. The van der Waals surface area contributed by atoms with Crippen LogP contribution in [0.4, 0.5) is 5.69 Å². The van der Waals surface area contributed by atoms with Gasteiger partial charge in [-0.15, -0.1) is 6.58 Å². The highest BCUT2D eigenvalue weighted by molar-refractivity contribution is 9.10. The first-order valence-electron chi connectivity index (χ1n) is 9.58. The molecule has 8 nitrogen and oxygen atoms in total. The lowest BCUT2D eigenvalue weighted by atomic mass is 10.0. The molecule has 1 aliphatic rings. The number of carboxylic acid groups (broad SMARTS) is 1. The molecule has 33 heavy (non-hydrogen) atoms. The first-order chi connectivity index (χ1) is 15.7. The molecule has 2 aromatic carbocycles. The SMILES string of the molecule is C=CCc1cc(/C=C2\C(=O)NC(=S)N(c3ccc(Br)cc3)C2=O)cc(OC)c1OCC(=O)O. The summed E-state index contributed by atoms with van der Waals surface area (Å²) >= 11 is 8.56. The Balaban J connectivity index is 2.04. The molecule has 0 spiro atoms. The van der Waals surface area contributed by atoms with Crippen LogP contribution in [0.2, 0.25) is 0 Å². The number of halogens is 1. The van der Waals surface area contributed by atoms with Gasteiger partial charge in [0.15, 0.2) is 23.2 Å². The molecular formula is C23H19BrN2O6S. The average Bonchev–Trinajstić information content (AvgIpc) is 2.76. The number of rotatable bonds is 8. The van der Waals surface area contributed by atoms with Gasteiger partial charge in [0.25, 0.3) is 11.8 Å². The molecule has 0 saturated carbocycles. The third-order valence-electron chi connectivity index (χ3n) is 4.58. The number of thiocarbonyl (C=S) groups is 1. The van der Waals surface area contributed by atoms with Crippen LogP contribution in [0.15, 0.2) is 59.1 Å². The van der Waals surface area contributed by atoms with Gasteiger partial charge in [0.2, 0.25) is 0 Å². The summed E-state index contributed by atoms with van der Waals surface area (Å²) in [5.41, 5.74) is 1.44. The van der Waals surface area contributed by atoms with Crippen molar-refractivity contribution in [3.63, 3.8) is 0 Å². The van der Waals surface area contributed by atoms with E-state index in [4.69, 9.17) is 26.8 Å². The summed E-state index contributed by atoms with van der Waals surface area (Å²) in [5, 5.41) is 11.5. The fourth-order valence-corrected chi connectivity index (χ4v) is 3.72. The highest BCUT2D eigenvalue weighted by atomic mass is 79.9. The Hall–Kier alpha value is -3.50. The van der Waals surface area contributed by atoms with Gasteiger partial charge in [-0.2, -0.15) is 0 Å². The fourth-order valence-electron chi connectivity index (χ4n) is 3.17. The van der Waals surface area contributed by atoms with E-state index in [2.05, 4.69) is 27.8 Å². The molecule has 0 bridgehead atoms. The Morgan fingerprint density at radius 1 is 1.27 bits per heavy atom. The summed E-state index contributed by atoms with van der Waals surface area (Å²) in [7, 11) is 1.41. The first-order valence-corrected chi connectivity index (χ1v) is 10.8. The molecule has 1 saturated heterocycles. The number of carboxylic acids is 1. The molecular weight excluding hydrogens is 512 g/mol. The van der Waals surface area contributed by atoms with Gasteiger partial charge < -0.3 is 14.6 Å². The molecule has 0 aliphatic carbocycles. The number of nitrogens with one attached hydrogen (secondary N) is 1. The summed E-state index contributed by atoms with van der Waals surface area (Å²) in [5.74, 6) is -1.85. The van der Waals surface area contributed by atoms with E-state index in [1.165, 1.54) is 18.1 Å². The van der Waals surface area contributed by atoms with Gasteiger partial charge in [-0.25, -0.2) is 4.79 Å². The molecule has 2 amide bonds. The van der Waals surface area contributed by atoms with Crippen molar-refractivity contribution in [2.24, 2.45) is 0 Å². The summed E-state index contributed by atoms with van der Waals surface area (Å²) < 4.78 is 11.6. The number of hydrogen-bond donors (Lipinski definition) is 2. The number of nitrogens with zero attached hydrogens (tertiary/aromatic N) is 1. The summed E-state index contributed by atoms with van der Waals surface area (Å²) in [4.78, 5) is 38.0. The quantitative estimate of drug-likeness (QED) is 0.233. The number of amides is 2. The zero-order chi connectivity index (χ0) is 24.1. The van der Waals surface area contributed by atoms with E-state index in [0.29, 0.717) is 23.2 Å². The number of anilines is 1. The molecule has 0 radical (unpaired) electrons. The number of hydrogen-bond acceptors (Lipinski definition) is 6. The minimum Gasteiger partial charge on any atom is -0.493 e. The standard InChI is InChI=1S/C23H19BrN2O6S/c1-3-4-14-9-13(11-18(31-2)20(14)32-12-19(27)28)10-17-21(29)25-23(33)26(22(17)30)16-7-5-15(24)6-8-16/h3,5-11H,1,4,12H2,2H3,(H,27,28)(H,25,29,33)/b17-10+. The third kappa shape index (κ3) is 5.47. The molecule has 0 unspecified atom stereocenters. The smallest absolute Gasteiger partial charge is 0.341 e. The Kier molecular flexibility index (Phi) is 7.62. The largest absolute Gasteiger partial charge is 0.493 e. The van der Waals surface area contributed by atoms with Crippen LogP contribution >= 0.6 is 28.1 Å². The molecule has 0 aromatic heterocycles. The number of carbonyl (C=O) groups is 3. The Bertz CT molecular complexity index is 1180. The van der Waals surface area contributed by atoms with Crippen LogP contribution in [0.1, 0.15) is 11.1 Å². The minimum absolute atomic E-state index is 0.0215. The van der Waals surface area contributed by atoms with E-state index >= 15 is 0 Å². The number of aliphatic carboxylic acids is 1. The molecule has 2 aromatic rings. The van der Waals surface area contributed by atoms with E-state index in [-0.39, 0.29) is 22.2 Å². The molecule has 10 heteroatoms. The zero-order valence-electron chi connectivity index (χ0n) is 17.5. The van der Waals surface area contributed by atoms with Crippen LogP contribution in [-0.2, 0) is 20.8 Å². The Morgan fingerprint density at radius 2 is 1.97 bits per heavy atom. The fraction of sp³-hybridized carbons (Fsp3) is 0.130. The Labute approximate surface area is 203 Å². The summed E-state index contributed by atoms with van der Waals surface area (Å²) in [6.45, 7) is 3.15. The van der Waals surface area contributed by atoms with Crippen LogP contribution in [0.5, 0.6) is 11.5 Å². The second-order valence-corrected chi connectivity index (χ2v) is 8.12. The van der Waals surface area contributed by atoms with Gasteiger partial charge in [0, 0.05) is 10.0 Å². The van der Waals surface area contributed by atoms with Crippen molar-refractivity contribution in [3.05, 3.63) is 70.2 Å². The predicted octanol–water partition coefficient (Wildman–Crippen LogP) is 3.48. The van der Waals surface area contributed by atoms with E-state index in [1.807, 2.05) is 0 Å². The highest BCUT2D eigenvalue weighted by Gasteiger charge is 2.34. The molecule has 0 atom stereocenters. The lowest BCUT2D eigenvalue weighted by Gasteiger charge is -2.29. The molecule has 1 aliphatic heterocycles. The number of methoxy groups -OCH3 is 1. The van der Waals surface area contributed by atoms with Crippen LogP contribution in [0.3, 0.4) is 0 Å². The van der Waals surface area contributed by atoms with Crippen molar-refractivity contribution >= 4 is 62.8 Å². The first kappa shape index (κ1) is 24.1. The van der Waals surface area contributed by atoms with Crippen LogP contribution < -0.4 is 19.7 Å². The monoisotopic (exact) mass is 530 g/mol. The molecule has 1 heterocycles. The number of benzene rings is 2. The normalized spacial score (nSPS) is 14.8. The number of allylic oxidation sites excluding steroid dienone is 1. The van der Waals surface area contributed by atoms with Crippen molar-refractivity contribution < 1.29 is 29.0 Å². The van der Waals surface area contributed by atoms with Crippen LogP contribution in [-0.4, -0.2) is 41.7 Å². The number of ether oxygens (including phenoxy) is 2. The van der Waals surface area contributed by atoms with E-state index in [9.17, 15) is 14.4 Å². The van der Waals surface area contributed by atoms with Gasteiger partial charge in [-0.05, 0) is 66.7 Å². The van der Waals surface area contributed by atoms with E-state index < -0.39 is 24.4 Å². The topological polar surface area (TPSA) is 105 Å². The van der Waals surface area contributed by atoms with Crippen molar-refractivity contribution in [2.75, 3.05) is 18.6 Å². The Morgan fingerprint density at radius 3 is 2.58 bits per heavy atom. The van der Waals surface area contributed by atoms with Gasteiger partial charge in [0.05, 0.1) is 12.8 Å². The predicted molar refractivity (Wildman–Crippen MR) is 130 cm³/mol. The van der Waals surface area contributed by atoms with E-state index in [1.54, 1.807) is 42.5 Å². The van der Waals surface area contributed by atoms with Crippen molar-refractivity contribution in [2.45, 2.75) is 6.42 Å². The maximum atomic E-state index is 13.2. The van der Waals surface area contributed by atoms with Crippen molar-refractivity contribution in [1.29, 1.82) is 0 Å².